The molecule has 1 aliphatic heterocycles. The van der Waals surface area contributed by atoms with Gasteiger partial charge in [0.05, 0.1) is 5.69 Å². The third kappa shape index (κ3) is 1.50. The van der Waals surface area contributed by atoms with E-state index in [4.69, 9.17) is 0 Å². The van der Waals surface area contributed by atoms with Gasteiger partial charge in [0.25, 0.3) is 0 Å². The van der Waals surface area contributed by atoms with Crippen molar-refractivity contribution in [1.29, 1.82) is 0 Å². The summed E-state index contributed by atoms with van der Waals surface area (Å²) in [6.07, 6.45) is 2.31. The number of amidine groups is 1. The summed E-state index contributed by atoms with van der Waals surface area (Å²) >= 11 is 1.73. The average molecular weight is 180 g/mol. The topological polar surface area (TPSA) is 24.4 Å². The van der Waals surface area contributed by atoms with Gasteiger partial charge in [-0.15, -0.1) is 11.3 Å². The molecule has 0 atom stereocenters. The van der Waals surface area contributed by atoms with Gasteiger partial charge in [0, 0.05) is 18.3 Å². The molecule has 0 unspecified atom stereocenters. The molecule has 0 aliphatic carbocycles. The zero-order valence-corrected chi connectivity index (χ0v) is 7.95. The predicted molar refractivity (Wildman–Crippen MR) is 54.2 cm³/mol. The van der Waals surface area contributed by atoms with E-state index in [-0.39, 0.29) is 0 Å². The van der Waals surface area contributed by atoms with Crippen LogP contribution in [0, 0.1) is 6.92 Å². The van der Waals surface area contributed by atoms with E-state index >= 15 is 0 Å². The maximum absolute atomic E-state index is 4.36. The Morgan fingerprint density at radius 2 is 2.42 bits per heavy atom. The highest BCUT2D eigenvalue weighted by molar-refractivity contribution is 7.08. The third-order valence-corrected chi connectivity index (χ3v) is 2.87. The first-order valence-electron chi connectivity index (χ1n) is 4.19. The first-order valence-corrected chi connectivity index (χ1v) is 5.13. The van der Waals surface area contributed by atoms with Crippen LogP contribution in [0.2, 0.25) is 0 Å². The van der Waals surface area contributed by atoms with Crippen molar-refractivity contribution in [1.82, 2.24) is 0 Å². The minimum atomic E-state index is 0.992. The van der Waals surface area contributed by atoms with Gasteiger partial charge in [-0.05, 0) is 24.3 Å². The number of nitrogens with zero attached hydrogens (tertiary/aromatic N) is 1. The van der Waals surface area contributed by atoms with Crippen LogP contribution in [0.25, 0.3) is 0 Å². The Morgan fingerprint density at radius 1 is 1.50 bits per heavy atom. The lowest BCUT2D eigenvalue weighted by molar-refractivity contribution is 0.951. The van der Waals surface area contributed by atoms with Gasteiger partial charge in [0.1, 0.15) is 5.84 Å². The Hall–Kier alpha value is -0.830. The minimum absolute atomic E-state index is 0.992. The van der Waals surface area contributed by atoms with E-state index in [2.05, 4.69) is 28.0 Å². The molecule has 0 bridgehead atoms. The van der Waals surface area contributed by atoms with E-state index in [1.165, 1.54) is 17.7 Å². The summed E-state index contributed by atoms with van der Waals surface area (Å²) in [4.78, 5) is 4.36. The molecule has 0 amide bonds. The molecule has 12 heavy (non-hydrogen) atoms. The van der Waals surface area contributed by atoms with Gasteiger partial charge in [0.2, 0.25) is 0 Å². The molecule has 1 aromatic rings. The van der Waals surface area contributed by atoms with Crippen molar-refractivity contribution in [2.45, 2.75) is 19.8 Å². The lowest BCUT2D eigenvalue weighted by Gasteiger charge is -2.03. The molecular formula is C9H12N2S. The van der Waals surface area contributed by atoms with Crippen molar-refractivity contribution >= 4 is 22.9 Å². The minimum Gasteiger partial charge on any atom is -0.343 e. The number of thiophene rings is 1. The lowest BCUT2D eigenvalue weighted by atomic mass is 10.3. The van der Waals surface area contributed by atoms with E-state index in [1.54, 1.807) is 11.3 Å². The van der Waals surface area contributed by atoms with Crippen LogP contribution in [-0.2, 0) is 0 Å². The van der Waals surface area contributed by atoms with Gasteiger partial charge in [-0.3, -0.25) is 4.99 Å². The fraction of sp³-hybridized carbons (Fsp3) is 0.444. The van der Waals surface area contributed by atoms with Gasteiger partial charge in [-0.2, -0.15) is 0 Å². The molecule has 0 saturated carbocycles. The second kappa shape index (κ2) is 3.27. The Kier molecular flexibility index (Phi) is 2.13. The Bertz CT molecular complexity index is 301. The Balaban J connectivity index is 2.08. The van der Waals surface area contributed by atoms with Crippen LogP contribution in [0.4, 0.5) is 5.69 Å². The van der Waals surface area contributed by atoms with Gasteiger partial charge >= 0.3 is 0 Å². The predicted octanol–water partition coefficient (Wildman–Crippen LogP) is 2.66. The fourth-order valence-corrected chi connectivity index (χ4v) is 2.07. The Morgan fingerprint density at radius 3 is 3.00 bits per heavy atom. The smallest absolute Gasteiger partial charge is 0.101 e. The standard InChI is InChI=1S/C9H12N2S/c1-7-5-12-6-8(7)11-9-3-2-4-10-9/h5-6H,2-4H2,1H3,(H,10,11). The van der Waals surface area contributed by atoms with Gasteiger partial charge in [-0.1, -0.05) is 0 Å². The van der Waals surface area contributed by atoms with Crippen LogP contribution in [-0.4, -0.2) is 12.4 Å². The molecule has 0 saturated heterocycles. The summed E-state index contributed by atoms with van der Waals surface area (Å²) in [6, 6.07) is 0. The summed E-state index contributed by atoms with van der Waals surface area (Å²) in [6.45, 7) is 3.11. The summed E-state index contributed by atoms with van der Waals surface area (Å²) in [5.41, 5.74) is 2.54. The molecule has 1 N–H and O–H groups in total. The normalized spacial score (nSPS) is 16.2. The van der Waals surface area contributed by atoms with Crippen molar-refractivity contribution in [2.24, 2.45) is 4.99 Å². The molecule has 2 heterocycles. The van der Waals surface area contributed by atoms with E-state index in [9.17, 15) is 0 Å². The van der Waals surface area contributed by atoms with Crippen molar-refractivity contribution < 1.29 is 0 Å². The molecule has 0 aromatic carbocycles. The summed E-state index contributed by atoms with van der Waals surface area (Å²) < 4.78 is 0. The first-order chi connectivity index (χ1) is 5.86. The summed E-state index contributed by atoms with van der Waals surface area (Å²) in [5.74, 6) is 1.15. The maximum atomic E-state index is 4.36. The van der Waals surface area contributed by atoms with Gasteiger partial charge in [-0.25, -0.2) is 0 Å². The molecule has 1 aromatic heterocycles. The van der Waals surface area contributed by atoms with E-state index in [1.807, 2.05) is 0 Å². The molecule has 2 rings (SSSR count). The van der Waals surface area contributed by atoms with Gasteiger partial charge in [0.15, 0.2) is 0 Å². The highest BCUT2D eigenvalue weighted by Crippen LogP contribution is 2.20. The second-order valence-corrected chi connectivity index (χ2v) is 3.77. The zero-order chi connectivity index (χ0) is 8.39. The quantitative estimate of drug-likeness (QED) is 0.706. The van der Waals surface area contributed by atoms with Crippen LogP contribution in [0.1, 0.15) is 18.4 Å². The zero-order valence-electron chi connectivity index (χ0n) is 7.13. The molecule has 1 aliphatic rings. The number of aryl methyl sites for hydroxylation is 1. The van der Waals surface area contributed by atoms with Crippen molar-refractivity contribution in [2.75, 3.05) is 11.9 Å². The fourth-order valence-electron chi connectivity index (χ4n) is 1.29. The third-order valence-electron chi connectivity index (χ3n) is 2.01. The van der Waals surface area contributed by atoms with E-state index < -0.39 is 0 Å². The van der Waals surface area contributed by atoms with Crippen molar-refractivity contribution in [3.8, 4) is 0 Å². The largest absolute Gasteiger partial charge is 0.343 e. The van der Waals surface area contributed by atoms with E-state index in [0.717, 1.165) is 18.8 Å². The maximum Gasteiger partial charge on any atom is 0.101 e. The molecule has 2 nitrogen and oxygen atoms in total. The van der Waals surface area contributed by atoms with Crippen LogP contribution in [0.5, 0.6) is 0 Å². The van der Waals surface area contributed by atoms with Crippen LogP contribution >= 0.6 is 11.3 Å². The SMILES string of the molecule is Cc1cscc1NC1=NCCC1. The molecule has 64 valence electrons. The monoisotopic (exact) mass is 180 g/mol. The van der Waals surface area contributed by atoms with Crippen molar-refractivity contribution in [3.63, 3.8) is 0 Å². The molecule has 0 spiro atoms. The van der Waals surface area contributed by atoms with Crippen LogP contribution < -0.4 is 5.32 Å². The number of hydrogen-bond donors (Lipinski definition) is 1. The van der Waals surface area contributed by atoms with Gasteiger partial charge < -0.3 is 5.32 Å². The number of nitrogens with one attached hydrogen (secondary N) is 1. The van der Waals surface area contributed by atoms with Crippen molar-refractivity contribution in [3.05, 3.63) is 16.3 Å². The number of anilines is 1. The second-order valence-electron chi connectivity index (χ2n) is 3.03. The lowest BCUT2D eigenvalue weighted by Crippen LogP contribution is -2.07. The first kappa shape index (κ1) is 7.80. The number of hydrogen-bond acceptors (Lipinski definition) is 3. The number of aliphatic imine (C=N–C) groups is 1. The van der Waals surface area contributed by atoms with E-state index in [0.29, 0.717) is 0 Å². The summed E-state index contributed by atoms with van der Waals surface area (Å²) in [5, 5.41) is 7.64. The highest BCUT2D eigenvalue weighted by Gasteiger charge is 2.07. The Labute approximate surface area is 76.3 Å². The summed E-state index contributed by atoms with van der Waals surface area (Å²) in [7, 11) is 0. The van der Waals surface area contributed by atoms with Crippen LogP contribution in [0.15, 0.2) is 15.8 Å². The number of rotatable bonds is 1. The molecular weight excluding hydrogens is 168 g/mol. The molecule has 0 fully saturated rings. The molecule has 0 radical (unpaired) electrons. The van der Waals surface area contributed by atoms with Crippen LogP contribution in [0.3, 0.4) is 0 Å². The molecule has 3 heteroatoms. The average Bonchev–Trinajstić information content (AvgIpc) is 2.65. The highest BCUT2D eigenvalue weighted by atomic mass is 32.1.